The second-order valence-electron chi connectivity index (χ2n) is 3.88. The van der Waals surface area contributed by atoms with Gasteiger partial charge in [0.2, 0.25) is 0 Å². The molecule has 5 heteroatoms. The molecule has 0 aliphatic rings. The highest BCUT2D eigenvalue weighted by Gasteiger charge is 2.20. The molecule has 1 rings (SSSR count). The van der Waals surface area contributed by atoms with Crippen LogP contribution < -0.4 is 4.74 Å². The third-order valence-corrected chi connectivity index (χ3v) is 2.63. The summed E-state index contributed by atoms with van der Waals surface area (Å²) in [6, 6.07) is 6.97. The van der Waals surface area contributed by atoms with Gasteiger partial charge in [-0.1, -0.05) is 12.1 Å². The average Bonchev–Trinajstić information content (AvgIpc) is 2.42. The normalized spacial score (nSPS) is 14.2. The molecule has 3 N–H and O–H groups in total. The van der Waals surface area contributed by atoms with E-state index >= 15 is 0 Å². The molecule has 0 spiro atoms. The van der Waals surface area contributed by atoms with Crippen LogP contribution in [0.5, 0.6) is 5.75 Å². The van der Waals surface area contributed by atoms with E-state index in [4.69, 9.17) is 19.7 Å². The molecule has 1 aromatic carbocycles. The van der Waals surface area contributed by atoms with Crippen molar-refractivity contribution in [2.45, 2.75) is 18.6 Å². The van der Waals surface area contributed by atoms with Gasteiger partial charge in [-0.2, -0.15) is 0 Å². The monoisotopic (exact) mass is 256 g/mol. The summed E-state index contributed by atoms with van der Waals surface area (Å²) in [7, 11) is 1.50. The summed E-state index contributed by atoms with van der Waals surface area (Å²) in [6.45, 7) is 0.109. The smallest absolute Gasteiger partial charge is 0.119 e. The summed E-state index contributed by atoms with van der Waals surface area (Å²) in [5.74, 6) is 0.583. The molecule has 0 saturated carbocycles. The lowest BCUT2D eigenvalue weighted by Crippen LogP contribution is -2.22. The highest BCUT2D eigenvalue weighted by atomic mass is 16.5. The number of rotatable bonds is 8. The van der Waals surface area contributed by atoms with Crippen molar-refractivity contribution in [3.05, 3.63) is 29.8 Å². The molecule has 0 bridgehead atoms. The SMILES string of the molecule is CO[C@@H](CCO)[C@@H](O)c1cccc(OCCO)c1. The van der Waals surface area contributed by atoms with Crippen LogP contribution in [0.25, 0.3) is 0 Å². The summed E-state index contributed by atoms with van der Waals surface area (Å²) in [6.07, 6.45) is -0.915. The van der Waals surface area contributed by atoms with Crippen LogP contribution >= 0.6 is 0 Å². The maximum Gasteiger partial charge on any atom is 0.119 e. The van der Waals surface area contributed by atoms with Crippen LogP contribution in [0.15, 0.2) is 24.3 Å². The van der Waals surface area contributed by atoms with Gasteiger partial charge in [0.15, 0.2) is 0 Å². The zero-order chi connectivity index (χ0) is 13.4. The van der Waals surface area contributed by atoms with Crippen molar-refractivity contribution >= 4 is 0 Å². The van der Waals surface area contributed by atoms with Crippen LogP contribution in [0.1, 0.15) is 18.1 Å². The third kappa shape index (κ3) is 4.27. The Kier molecular flexibility index (Phi) is 6.67. The van der Waals surface area contributed by atoms with Gasteiger partial charge in [0.05, 0.1) is 12.7 Å². The molecule has 102 valence electrons. The lowest BCUT2D eigenvalue weighted by molar-refractivity contribution is -0.0253. The van der Waals surface area contributed by atoms with Gasteiger partial charge in [-0.25, -0.2) is 0 Å². The molecule has 0 radical (unpaired) electrons. The molecule has 0 fully saturated rings. The van der Waals surface area contributed by atoms with Gasteiger partial charge < -0.3 is 24.8 Å². The number of hydrogen-bond donors (Lipinski definition) is 3. The first-order chi connectivity index (χ1) is 8.72. The molecule has 2 atom stereocenters. The van der Waals surface area contributed by atoms with Gasteiger partial charge in [-0.3, -0.25) is 0 Å². The van der Waals surface area contributed by atoms with Crippen molar-refractivity contribution in [3.8, 4) is 5.75 Å². The number of benzene rings is 1. The zero-order valence-electron chi connectivity index (χ0n) is 10.5. The fourth-order valence-corrected chi connectivity index (χ4v) is 1.70. The Bertz CT molecular complexity index is 342. The van der Waals surface area contributed by atoms with Gasteiger partial charge in [0.25, 0.3) is 0 Å². The minimum Gasteiger partial charge on any atom is -0.491 e. The summed E-state index contributed by atoms with van der Waals surface area (Å²) >= 11 is 0. The van der Waals surface area contributed by atoms with E-state index in [2.05, 4.69) is 0 Å². The Morgan fingerprint density at radius 2 is 2.00 bits per heavy atom. The van der Waals surface area contributed by atoms with E-state index in [1.165, 1.54) is 7.11 Å². The average molecular weight is 256 g/mol. The molecule has 0 heterocycles. The Morgan fingerprint density at radius 1 is 1.22 bits per heavy atom. The zero-order valence-corrected chi connectivity index (χ0v) is 10.5. The molecule has 18 heavy (non-hydrogen) atoms. The minimum atomic E-state index is -0.820. The van der Waals surface area contributed by atoms with E-state index in [1.807, 2.05) is 0 Å². The largest absolute Gasteiger partial charge is 0.491 e. The molecule has 0 aliphatic heterocycles. The number of aliphatic hydroxyl groups is 3. The number of aliphatic hydroxyl groups excluding tert-OH is 3. The van der Waals surface area contributed by atoms with Gasteiger partial charge in [0.1, 0.15) is 18.5 Å². The molecular weight excluding hydrogens is 236 g/mol. The summed E-state index contributed by atoms with van der Waals surface area (Å²) in [4.78, 5) is 0. The Balaban J connectivity index is 2.74. The topological polar surface area (TPSA) is 79.2 Å². The highest BCUT2D eigenvalue weighted by molar-refractivity contribution is 5.30. The fraction of sp³-hybridized carbons (Fsp3) is 0.538. The first-order valence-electron chi connectivity index (χ1n) is 5.88. The van der Waals surface area contributed by atoms with Crippen molar-refractivity contribution in [2.75, 3.05) is 26.9 Å². The fourth-order valence-electron chi connectivity index (χ4n) is 1.70. The Hall–Kier alpha value is -1.14. The van der Waals surface area contributed by atoms with Crippen molar-refractivity contribution in [2.24, 2.45) is 0 Å². The number of hydrogen-bond acceptors (Lipinski definition) is 5. The quantitative estimate of drug-likeness (QED) is 0.631. The number of methoxy groups -OCH3 is 1. The molecule has 0 aromatic heterocycles. The molecule has 0 unspecified atom stereocenters. The van der Waals surface area contributed by atoms with Crippen LogP contribution in [0.2, 0.25) is 0 Å². The summed E-state index contributed by atoms with van der Waals surface area (Å²) in [5, 5.41) is 27.7. The van der Waals surface area contributed by atoms with Crippen LogP contribution in [0.4, 0.5) is 0 Å². The van der Waals surface area contributed by atoms with E-state index in [0.717, 1.165) is 0 Å². The van der Waals surface area contributed by atoms with E-state index in [9.17, 15) is 5.11 Å². The van der Waals surface area contributed by atoms with Gasteiger partial charge in [-0.15, -0.1) is 0 Å². The van der Waals surface area contributed by atoms with Crippen molar-refractivity contribution in [1.82, 2.24) is 0 Å². The van der Waals surface area contributed by atoms with Crippen molar-refractivity contribution in [1.29, 1.82) is 0 Å². The predicted molar refractivity (Wildman–Crippen MR) is 66.5 cm³/mol. The summed E-state index contributed by atoms with van der Waals surface area (Å²) in [5.41, 5.74) is 0.658. The van der Waals surface area contributed by atoms with E-state index in [1.54, 1.807) is 24.3 Å². The first-order valence-corrected chi connectivity index (χ1v) is 5.88. The summed E-state index contributed by atoms with van der Waals surface area (Å²) < 4.78 is 10.4. The maximum atomic E-state index is 10.1. The van der Waals surface area contributed by atoms with E-state index < -0.39 is 12.2 Å². The van der Waals surface area contributed by atoms with Crippen LogP contribution in [-0.2, 0) is 4.74 Å². The molecule has 0 aliphatic carbocycles. The van der Waals surface area contributed by atoms with E-state index in [0.29, 0.717) is 17.7 Å². The standard InChI is InChI=1S/C13H20O5/c1-17-12(5-6-14)13(16)10-3-2-4-11(9-10)18-8-7-15/h2-4,9,12-16H,5-8H2,1H3/t12-,13-/m0/s1. The molecular formula is C13H20O5. The predicted octanol–water partition coefficient (Wildman–Crippen LogP) is 0.488. The Morgan fingerprint density at radius 3 is 2.61 bits per heavy atom. The van der Waals surface area contributed by atoms with Crippen molar-refractivity contribution < 1.29 is 24.8 Å². The molecule has 5 nitrogen and oxygen atoms in total. The van der Waals surface area contributed by atoms with Gasteiger partial charge in [-0.05, 0) is 24.1 Å². The maximum absolute atomic E-state index is 10.1. The molecule has 0 amide bonds. The van der Waals surface area contributed by atoms with Gasteiger partial charge in [0, 0.05) is 13.7 Å². The second-order valence-corrected chi connectivity index (χ2v) is 3.88. The first kappa shape index (κ1) is 14.9. The lowest BCUT2D eigenvalue weighted by atomic mass is 10.0. The highest BCUT2D eigenvalue weighted by Crippen LogP contribution is 2.24. The third-order valence-electron chi connectivity index (χ3n) is 2.63. The molecule has 0 saturated heterocycles. The lowest BCUT2D eigenvalue weighted by Gasteiger charge is -2.21. The second kappa shape index (κ2) is 8.05. The number of ether oxygens (including phenoxy) is 2. The van der Waals surface area contributed by atoms with Crippen molar-refractivity contribution in [3.63, 3.8) is 0 Å². The van der Waals surface area contributed by atoms with Crippen LogP contribution in [-0.4, -0.2) is 48.4 Å². The van der Waals surface area contributed by atoms with Gasteiger partial charge >= 0.3 is 0 Å². The van der Waals surface area contributed by atoms with Crippen LogP contribution in [0.3, 0.4) is 0 Å². The van der Waals surface area contributed by atoms with E-state index in [-0.39, 0.29) is 19.8 Å². The van der Waals surface area contributed by atoms with Crippen LogP contribution in [0, 0.1) is 0 Å². The molecule has 1 aromatic rings. The minimum absolute atomic E-state index is 0.0454. The Labute approximate surface area is 107 Å².